The minimum atomic E-state index is -0.769. The van der Waals surface area contributed by atoms with E-state index in [-0.39, 0.29) is 31.4 Å². The molecule has 0 aromatic heterocycles. The van der Waals surface area contributed by atoms with Crippen molar-refractivity contribution in [2.45, 2.75) is 32.4 Å². The summed E-state index contributed by atoms with van der Waals surface area (Å²) < 4.78 is 5.83. The smallest absolute Gasteiger partial charge is 0.410 e. The van der Waals surface area contributed by atoms with Crippen LogP contribution in [0, 0.1) is 5.92 Å². The summed E-state index contributed by atoms with van der Waals surface area (Å²) in [5.41, 5.74) is 0.549. The topological polar surface area (TPSA) is 78.9 Å². The molecule has 8 heteroatoms. The average molecular weight is 420 g/mol. The van der Waals surface area contributed by atoms with Crippen molar-refractivity contribution in [2.75, 3.05) is 18.5 Å². The van der Waals surface area contributed by atoms with Crippen molar-refractivity contribution in [3.8, 4) is 0 Å². The van der Waals surface area contributed by atoms with Crippen LogP contribution in [0.25, 0.3) is 0 Å². The molecule has 1 unspecified atom stereocenters. The number of carbonyl (C=O) groups is 2. The van der Waals surface area contributed by atoms with Crippen molar-refractivity contribution < 1.29 is 19.4 Å². The number of hydrogen-bond donors (Lipinski definition) is 2. The molecular weight excluding hydrogens is 400 g/mol. The minimum absolute atomic E-state index is 0.0827. The van der Waals surface area contributed by atoms with Crippen molar-refractivity contribution in [3.05, 3.63) is 27.7 Å². The van der Waals surface area contributed by atoms with E-state index in [1.165, 1.54) is 4.90 Å². The molecule has 1 heterocycles. The predicted molar refractivity (Wildman–Crippen MR) is 95.1 cm³/mol. The zero-order valence-corrected chi connectivity index (χ0v) is 15.8. The Morgan fingerprint density at radius 1 is 1.50 bits per heavy atom. The molecule has 1 aromatic carbocycles. The largest absolute Gasteiger partial charge is 0.449 e. The van der Waals surface area contributed by atoms with Gasteiger partial charge < -0.3 is 15.2 Å². The quantitative estimate of drug-likeness (QED) is 0.785. The third kappa shape index (κ3) is 4.84. The molecule has 0 radical (unpaired) electrons. The summed E-state index contributed by atoms with van der Waals surface area (Å²) in [6.45, 7) is 4.20. The maximum atomic E-state index is 12.5. The highest BCUT2D eigenvalue weighted by Crippen LogP contribution is 2.27. The van der Waals surface area contributed by atoms with Gasteiger partial charge in [0.15, 0.2) is 0 Å². The molecule has 1 aliphatic rings. The lowest BCUT2D eigenvalue weighted by molar-refractivity contribution is -0.120. The van der Waals surface area contributed by atoms with Crippen molar-refractivity contribution in [3.63, 3.8) is 0 Å². The first-order valence-corrected chi connectivity index (χ1v) is 8.82. The lowest BCUT2D eigenvalue weighted by atomic mass is 10.2. The number of nitrogens with one attached hydrogen (secondary N) is 1. The van der Waals surface area contributed by atoms with Gasteiger partial charge in [-0.25, -0.2) is 4.79 Å². The fourth-order valence-electron chi connectivity index (χ4n) is 2.38. The van der Waals surface area contributed by atoms with Gasteiger partial charge in [0.05, 0.1) is 24.3 Å². The van der Waals surface area contributed by atoms with Gasteiger partial charge in [-0.2, -0.15) is 0 Å². The molecule has 132 valence electrons. The lowest BCUT2D eigenvalue weighted by Crippen LogP contribution is -2.43. The van der Waals surface area contributed by atoms with Gasteiger partial charge >= 0.3 is 6.09 Å². The van der Waals surface area contributed by atoms with Crippen LogP contribution in [0.3, 0.4) is 0 Å². The molecule has 0 aliphatic carbocycles. The highest BCUT2D eigenvalue weighted by atomic mass is 79.9. The van der Waals surface area contributed by atoms with Crippen molar-refractivity contribution in [2.24, 2.45) is 5.92 Å². The zero-order chi connectivity index (χ0) is 17.9. The van der Waals surface area contributed by atoms with Crippen LogP contribution in [0.1, 0.15) is 20.3 Å². The van der Waals surface area contributed by atoms with Gasteiger partial charge in [-0.1, -0.05) is 25.4 Å². The number of ether oxygens (including phenoxy) is 1. The number of carbonyl (C=O) groups excluding carboxylic acids is 2. The summed E-state index contributed by atoms with van der Waals surface area (Å²) >= 11 is 9.22. The first kappa shape index (κ1) is 19.0. The van der Waals surface area contributed by atoms with Crippen LogP contribution >= 0.6 is 27.5 Å². The molecule has 1 saturated heterocycles. The normalized spacial score (nSPS) is 20.3. The Balaban J connectivity index is 2.05. The number of anilines is 1. The van der Waals surface area contributed by atoms with Gasteiger partial charge in [0, 0.05) is 16.6 Å². The predicted octanol–water partition coefficient (Wildman–Crippen LogP) is 3.27. The molecule has 24 heavy (non-hydrogen) atoms. The SMILES string of the molecule is CC(C)COC(=O)N1CC(O)C[C@H]1C(=O)Nc1ccc(Cl)c(Br)c1. The Hall–Kier alpha value is -1.31. The number of aliphatic hydroxyl groups is 1. The third-order valence-corrected chi connectivity index (χ3v) is 4.76. The van der Waals surface area contributed by atoms with E-state index in [1.807, 2.05) is 13.8 Å². The zero-order valence-electron chi connectivity index (χ0n) is 13.5. The number of halogens is 2. The van der Waals surface area contributed by atoms with Crippen LogP contribution in [0.5, 0.6) is 0 Å². The molecule has 1 aliphatic heterocycles. The van der Waals surface area contributed by atoms with E-state index in [2.05, 4.69) is 21.2 Å². The van der Waals surface area contributed by atoms with Crippen molar-refractivity contribution in [1.29, 1.82) is 0 Å². The summed E-state index contributed by atoms with van der Waals surface area (Å²) in [4.78, 5) is 25.9. The van der Waals surface area contributed by atoms with E-state index < -0.39 is 18.2 Å². The summed E-state index contributed by atoms with van der Waals surface area (Å²) in [5.74, 6) is -0.178. The minimum Gasteiger partial charge on any atom is -0.449 e. The van der Waals surface area contributed by atoms with Crippen LogP contribution in [0.4, 0.5) is 10.5 Å². The molecule has 2 N–H and O–H groups in total. The molecule has 0 spiro atoms. The Morgan fingerprint density at radius 3 is 2.83 bits per heavy atom. The number of likely N-dealkylation sites (tertiary alicyclic amines) is 1. The number of aliphatic hydroxyl groups excluding tert-OH is 1. The van der Waals surface area contributed by atoms with Crippen molar-refractivity contribution in [1.82, 2.24) is 4.90 Å². The van der Waals surface area contributed by atoms with E-state index >= 15 is 0 Å². The number of nitrogens with zero attached hydrogens (tertiary/aromatic N) is 1. The molecule has 0 saturated carbocycles. The number of amides is 2. The standard InChI is InChI=1S/C16H20BrClN2O4/c1-9(2)8-24-16(23)20-7-11(21)6-14(20)15(22)19-10-3-4-13(18)12(17)5-10/h3-5,9,11,14,21H,6-8H2,1-2H3,(H,19,22)/t11?,14-/m0/s1. The van der Waals surface area contributed by atoms with Crippen LogP contribution in [0.15, 0.2) is 22.7 Å². The maximum Gasteiger partial charge on any atom is 0.410 e. The van der Waals surface area contributed by atoms with Crippen LogP contribution < -0.4 is 5.32 Å². The highest BCUT2D eigenvalue weighted by molar-refractivity contribution is 9.10. The second-order valence-corrected chi connectivity index (χ2v) is 7.41. The fraction of sp³-hybridized carbons (Fsp3) is 0.500. The van der Waals surface area contributed by atoms with Crippen LogP contribution in [-0.4, -0.2) is 47.3 Å². The van der Waals surface area contributed by atoms with E-state index in [0.29, 0.717) is 15.2 Å². The molecule has 2 rings (SSSR count). The number of hydrogen-bond acceptors (Lipinski definition) is 4. The van der Waals surface area contributed by atoms with Gasteiger partial charge in [0.1, 0.15) is 6.04 Å². The molecule has 2 atom stereocenters. The van der Waals surface area contributed by atoms with Crippen LogP contribution in [0.2, 0.25) is 5.02 Å². The summed E-state index contributed by atoms with van der Waals surface area (Å²) in [7, 11) is 0. The molecular formula is C16H20BrClN2O4. The van der Waals surface area contributed by atoms with E-state index in [0.717, 1.165) is 0 Å². The van der Waals surface area contributed by atoms with Gasteiger partial charge in [0.25, 0.3) is 0 Å². The van der Waals surface area contributed by atoms with E-state index in [4.69, 9.17) is 16.3 Å². The van der Waals surface area contributed by atoms with Crippen LogP contribution in [-0.2, 0) is 9.53 Å². The third-order valence-electron chi connectivity index (χ3n) is 3.54. The summed E-state index contributed by atoms with van der Waals surface area (Å²) in [6, 6.07) is 4.22. The molecule has 6 nitrogen and oxygen atoms in total. The first-order valence-electron chi connectivity index (χ1n) is 7.65. The van der Waals surface area contributed by atoms with Crippen molar-refractivity contribution >= 4 is 45.2 Å². The molecule has 1 aromatic rings. The second-order valence-electron chi connectivity index (χ2n) is 6.15. The number of β-amino-alcohol motifs (C(OH)–C–C–N with tert-alkyl or cyclic N) is 1. The molecule has 2 amide bonds. The van der Waals surface area contributed by atoms with Gasteiger partial charge in [0.2, 0.25) is 5.91 Å². The summed E-state index contributed by atoms with van der Waals surface area (Å²) in [6.07, 6.45) is -1.15. The monoisotopic (exact) mass is 418 g/mol. The lowest BCUT2D eigenvalue weighted by Gasteiger charge is -2.23. The fourth-order valence-corrected chi connectivity index (χ4v) is 2.88. The Labute approximate surface area is 154 Å². The first-order chi connectivity index (χ1) is 11.3. The van der Waals surface area contributed by atoms with Gasteiger partial charge in [-0.3, -0.25) is 9.69 Å². The average Bonchev–Trinajstić information content (AvgIpc) is 2.90. The van der Waals surface area contributed by atoms with E-state index in [9.17, 15) is 14.7 Å². The highest BCUT2D eigenvalue weighted by Gasteiger charge is 2.39. The number of benzene rings is 1. The second kappa shape index (κ2) is 8.18. The Kier molecular flexibility index (Phi) is 6.48. The number of rotatable bonds is 4. The summed E-state index contributed by atoms with van der Waals surface area (Å²) in [5, 5.41) is 13.1. The van der Waals surface area contributed by atoms with E-state index in [1.54, 1.807) is 18.2 Å². The molecule has 1 fully saturated rings. The Bertz CT molecular complexity index is 626. The van der Waals surface area contributed by atoms with Gasteiger partial charge in [-0.05, 0) is 40.0 Å². The maximum absolute atomic E-state index is 12.5. The molecule has 0 bridgehead atoms. The van der Waals surface area contributed by atoms with Gasteiger partial charge in [-0.15, -0.1) is 0 Å². The Morgan fingerprint density at radius 2 is 2.21 bits per heavy atom.